The summed E-state index contributed by atoms with van der Waals surface area (Å²) in [7, 11) is 0. The molecule has 1 amide bonds. The average molecular weight is 349 g/mol. The van der Waals surface area contributed by atoms with Crippen molar-refractivity contribution in [1.82, 2.24) is 5.43 Å². The molecule has 0 saturated heterocycles. The van der Waals surface area contributed by atoms with Gasteiger partial charge in [-0.05, 0) is 12.1 Å². The minimum Gasteiger partial charge on any atom is -0.267 e. The normalized spacial score (nSPS) is 10.5. The molecule has 0 spiro atoms. The molecule has 0 saturated carbocycles. The van der Waals surface area contributed by atoms with Gasteiger partial charge < -0.3 is 0 Å². The summed E-state index contributed by atoms with van der Waals surface area (Å²) in [5.74, 6) is -0.684. The van der Waals surface area contributed by atoms with E-state index in [2.05, 4.69) is 10.5 Å². The van der Waals surface area contributed by atoms with E-state index in [0.29, 0.717) is 5.56 Å². The number of nitro groups is 2. The highest BCUT2D eigenvalue weighted by Crippen LogP contribution is 2.24. The summed E-state index contributed by atoms with van der Waals surface area (Å²) < 4.78 is 0. The first-order valence-corrected chi connectivity index (χ1v) is 6.78. The lowest BCUT2D eigenvalue weighted by Gasteiger charge is -2.01. The van der Waals surface area contributed by atoms with E-state index in [0.717, 1.165) is 6.07 Å². The molecule has 2 aromatic carbocycles. The van der Waals surface area contributed by atoms with Crippen LogP contribution >= 0.6 is 11.6 Å². The van der Waals surface area contributed by atoms with Gasteiger partial charge in [0.2, 0.25) is 0 Å². The summed E-state index contributed by atoms with van der Waals surface area (Å²) in [6.45, 7) is 0. The maximum atomic E-state index is 11.9. The standard InChI is InChI=1S/C14H9ClN4O5/c15-12-5-4-10(7-13(12)19(23)24)14(20)17-16-8-9-2-1-3-11(6-9)18(21)22/h1-8H,(H,17,20)/b16-8-. The van der Waals surface area contributed by atoms with Gasteiger partial charge in [0, 0.05) is 29.3 Å². The average Bonchev–Trinajstić information content (AvgIpc) is 2.55. The minimum absolute atomic E-state index is 0.00212. The fraction of sp³-hybridized carbons (Fsp3) is 0. The predicted octanol–water partition coefficient (Wildman–Crippen LogP) is 2.92. The van der Waals surface area contributed by atoms with E-state index in [1.165, 1.54) is 36.5 Å². The molecule has 0 atom stereocenters. The summed E-state index contributed by atoms with van der Waals surface area (Å²) in [5, 5.41) is 25.0. The number of rotatable bonds is 5. The number of nitro benzene ring substituents is 2. The van der Waals surface area contributed by atoms with Gasteiger partial charge in [-0.2, -0.15) is 5.10 Å². The van der Waals surface area contributed by atoms with Crippen LogP contribution in [0.25, 0.3) is 0 Å². The molecule has 0 fully saturated rings. The van der Waals surface area contributed by atoms with Crippen molar-refractivity contribution in [2.75, 3.05) is 0 Å². The van der Waals surface area contributed by atoms with E-state index in [1.807, 2.05) is 0 Å². The zero-order chi connectivity index (χ0) is 17.7. The number of amides is 1. The topological polar surface area (TPSA) is 128 Å². The van der Waals surface area contributed by atoms with Crippen molar-refractivity contribution in [3.05, 3.63) is 78.8 Å². The van der Waals surface area contributed by atoms with Gasteiger partial charge in [0.25, 0.3) is 17.3 Å². The molecule has 9 nitrogen and oxygen atoms in total. The van der Waals surface area contributed by atoms with E-state index in [1.54, 1.807) is 6.07 Å². The number of hydrazone groups is 1. The molecular formula is C14H9ClN4O5. The molecule has 0 heterocycles. The molecule has 2 rings (SSSR count). The van der Waals surface area contributed by atoms with E-state index < -0.39 is 21.4 Å². The van der Waals surface area contributed by atoms with Crippen molar-refractivity contribution in [3.8, 4) is 0 Å². The Balaban J connectivity index is 2.10. The molecule has 0 bridgehead atoms. The van der Waals surface area contributed by atoms with Gasteiger partial charge in [-0.25, -0.2) is 5.43 Å². The van der Waals surface area contributed by atoms with Gasteiger partial charge in [0.05, 0.1) is 16.1 Å². The number of nitrogens with zero attached hydrogens (tertiary/aromatic N) is 3. The largest absolute Gasteiger partial charge is 0.288 e. The fourth-order valence-electron chi connectivity index (χ4n) is 1.74. The van der Waals surface area contributed by atoms with Crippen LogP contribution in [0.15, 0.2) is 47.6 Å². The van der Waals surface area contributed by atoms with E-state index in [4.69, 9.17) is 11.6 Å². The van der Waals surface area contributed by atoms with Crippen LogP contribution in [-0.2, 0) is 0 Å². The second-order valence-electron chi connectivity index (χ2n) is 4.47. The third kappa shape index (κ3) is 4.11. The minimum atomic E-state index is -0.703. The van der Waals surface area contributed by atoms with Gasteiger partial charge in [-0.3, -0.25) is 25.0 Å². The number of carbonyl (C=O) groups excluding carboxylic acids is 1. The lowest BCUT2D eigenvalue weighted by Crippen LogP contribution is -2.17. The monoisotopic (exact) mass is 348 g/mol. The smallest absolute Gasteiger partial charge is 0.267 e. The first kappa shape index (κ1) is 17.0. The van der Waals surface area contributed by atoms with Gasteiger partial charge in [-0.15, -0.1) is 0 Å². The lowest BCUT2D eigenvalue weighted by atomic mass is 10.2. The molecule has 0 unspecified atom stereocenters. The van der Waals surface area contributed by atoms with Crippen LogP contribution in [0.1, 0.15) is 15.9 Å². The van der Waals surface area contributed by atoms with Gasteiger partial charge in [0.1, 0.15) is 5.02 Å². The lowest BCUT2D eigenvalue weighted by molar-refractivity contribution is -0.385. The first-order chi connectivity index (χ1) is 11.4. The van der Waals surface area contributed by atoms with E-state index in [9.17, 15) is 25.0 Å². The van der Waals surface area contributed by atoms with Crippen LogP contribution in [0, 0.1) is 20.2 Å². The number of halogens is 1. The zero-order valence-electron chi connectivity index (χ0n) is 11.9. The van der Waals surface area contributed by atoms with Crippen molar-refractivity contribution in [2.24, 2.45) is 5.10 Å². The molecule has 10 heteroatoms. The molecule has 122 valence electrons. The van der Waals surface area contributed by atoms with E-state index in [-0.39, 0.29) is 16.3 Å². The van der Waals surface area contributed by atoms with Gasteiger partial charge in [0.15, 0.2) is 0 Å². The van der Waals surface area contributed by atoms with Crippen LogP contribution < -0.4 is 5.43 Å². The molecular weight excluding hydrogens is 340 g/mol. The van der Waals surface area contributed by atoms with Crippen molar-refractivity contribution in [1.29, 1.82) is 0 Å². The fourth-order valence-corrected chi connectivity index (χ4v) is 1.93. The van der Waals surface area contributed by atoms with Crippen LogP contribution in [0.3, 0.4) is 0 Å². The Morgan fingerprint density at radius 2 is 1.88 bits per heavy atom. The zero-order valence-corrected chi connectivity index (χ0v) is 12.6. The maximum Gasteiger partial charge on any atom is 0.288 e. The SMILES string of the molecule is O=C(N/N=C\c1cccc([N+](=O)[O-])c1)c1ccc(Cl)c([N+](=O)[O-])c1. The number of nitrogens with one attached hydrogen (secondary N) is 1. The Hall–Kier alpha value is -3.33. The highest BCUT2D eigenvalue weighted by Gasteiger charge is 2.15. The quantitative estimate of drug-likeness (QED) is 0.504. The Morgan fingerprint density at radius 1 is 1.12 bits per heavy atom. The van der Waals surface area contributed by atoms with Crippen LogP contribution in [-0.4, -0.2) is 22.0 Å². The van der Waals surface area contributed by atoms with Crippen LogP contribution in [0.2, 0.25) is 5.02 Å². The Morgan fingerprint density at radius 3 is 2.54 bits per heavy atom. The molecule has 0 radical (unpaired) electrons. The Bertz CT molecular complexity index is 853. The van der Waals surface area contributed by atoms with Crippen LogP contribution in [0.5, 0.6) is 0 Å². The van der Waals surface area contributed by atoms with Crippen molar-refractivity contribution < 1.29 is 14.6 Å². The summed E-state index contributed by atoms with van der Waals surface area (Å²) in [5.41, 5.74) is 2.08. The highest BCUT2D eigenvalue weighted by molar-refractivity contribution is 6.32. The Kier molecular flexibility index (Phi) is 5.17. The summed E-state index contributed by atoms with van der Waals surface area (Å²) >= 11 is 5.66. The molecule has 0 aromatic heterocycles. The van der Waals surface area contributed by atoms with Crippen molar-refractivity contribution >= 4 is 35.1 Å². The van der Waals surface area contributed by atoms with Crippen molar-refractivity contribution in [2.45, 2.75) is 0 Å². The van der Waals surface area contributed by atoms with Gasteiger partial charge in [-0.1, -0.05) is 23.7 Å². The first-order valence-electron chi connectivity index (χ1n) is 6.40. The third-order valence-electron chi connectivity index (χ3n) is 2.87. The summed E-state index contributed by atoms with van der Waals surface area (Å²) in [4.78, 5) is 32.1. The number of hydrogen-bond acceptors (Lipinski definition) is 6. The summed E-state index contributed by atoms with van der Waals surface area (Å²) in [6, 6.07) is 9.22. The molecule has 24 heavy (non-hydrogen) atoms. The molecule has 0 aliphatic rings. The van der Waals surface area contributed by atoms with Crippen molar-refractivity contribution in [3.63, 3.8) is 0 Å². The molecule has 2 aromatic rings. The molecule has 0 aliphatic carbocycles. The van der Waals surface area contributed by atoms with Crippen LogP contribution in [0.4, 0.5) is 11.4 Å². The highest BCUT2D eigenvalue weighted by atomic mass is 35.5. The number of benzene rings is 2. The summed E-state index contributed by atoms with van der Waals surface area (Å²) in [6.07, 6.45) is 1.22. The van der Waals surface area contributed by atoms with Gasteiger partial charge >= 0.3 is 0 Å². The molecule has 1 N–H and O–H groups in total. The van der Waals surface area contributed by atoms with E-state index >= 15 is 0 Å². The predicted molar refractivity (Wildman–Crippen MR) is 86.3 cm³/mol. The number of non-ortho nitro benzene ring substituents is 1. The maximum absolute atomic E-state index is 11.9. The number of hydrogen-bond donors (Lipinski definition) is 1. The Labute approximate surface area is 139 Å². The number of carbonyl (C=O) groups is 1. The molecule has 0 aliphatic heterocycles. The second-order valence-corrected chi connectivity index (χ2v) is 4.88. The second kappa shape index (κ2) is 7.29. The third-order valence-corrected chi connectivity index (χ3v) is 3.19.